The van der Waals surface area contributed by atoms with Crippen molar-refractivity contribution in [2.75, 3.05) is 19.0 Å². The molecule has 1 saturated heterocycles. The lowest BCUT2D eigenvalue weighted by molar-refractivity contribution is -0.116. The third kappa shape index (κ3) is 4.24. The van der Waals surface area contributed by atoms with Crippen LogP contribution in [0.1, 0.15) is 48.0 Å². The van der Waals surface area contributed by atoms with Crippen LogP contribution in [0.3, 0.4) is 0 Å². The second kappa shape index (κ2) is 10.1. The Hall–Kier alpha value is -4.77. The van der Waals surface area contributed by atoms with Crippen LogP contribution in [0.4, 0.5) is 5.82 Å². The van der Waals surface area contributed by atoms with Crippen molar-refractivity contribution in [2.45, 2.75) is 57.2 Å². The van der Waals surface area contributed by atoms with E-state index in [2.05, 4.69) is 37.6 Å². The van der Waals surface area contributed by atoms with Gasteiger partial charge in [0.25, 0.3) is 5.91 Å². The van der Waals surface area contributed by atoms with Crippen molar-refractivity contribution in [3.63, 3.8) is 0 Å². The number of likely N-dealkylation sites (tertiary alicyclic amines) is 1. The minimum Gasteiger partial charge on any atom is -0.494 e. The first-order chi connectivity index (χ1) is 22.4. The number of nitrogens with zero attached hydrogens (tertiary/aromatic N) is 6. The van der Waals surface area contributed by atoms with Crippen molar-refractivity contribution in [3.05, 3.63) is 53.7 Å². The zero-order valence-corrected chi connectivity index (χ0v) is 26.0. The molecule has 234 valence electrons. The number of pyridine rings is 2. The molecule has 2 aliphatic heterocycles. The Morgan fingerprint density at radius 3 is 2.72 bits per heavy atom. The minimum absolute atomic E-state index is 0.00301. The smallest absolute Gasteiger partial charge is 0.254 e. The average molecular weight is 617 g/mol. The molecule has 9 rings (SSSR count). The van der Waals surface area contributed by atoms with Gasteiger partial charge in [-0.15, -0.1) is 0 Å². The molecule has 6 heterocycles. The Labute approximate surface area is 265 Å². The lowest BCUT2D eigenvalue weighted by Gasteiger charge is -2.27. The number of rotatable bonds is 6. The molecule has 0 radical (unpaired) electrons. The van der Waals surface area contributed by atoms with E-state index in [0.29, 0.717) is 48.4 Å². The van der Waals surface area contributed by atoms with Crippen LogP contribution >= 0.6 is 0 Å². The Bertz CT molecular complexity index is 2090. The Morgan fingerprint density at radius 1 is 1.09 bits per heavy atom. The number of nitrogens with two attached hydrogens (primary N) is 1. The van der Waals surface area contributed by atoms with Gasteiger partial charge in [-0.25, -0.2) is 15.0 Å². The Balaban J connectivity index is 1.13. The molecule has 11 nitrogen and oxygen atoms in total. The number of imidazole rings is 1. The lowest BCUT2D eigenvalue weighted by atomic mass is 10.0. The summed E-state index contributed by atoms with van der Waals surface area (Å²) in [5, 5.41) is 3.90. The molecule has 46 heavy (non-hydrogen) atoms. The summed E-state index contributed by atoms with van der Waals surface area (Å²) in [6.07, 6.45) is 7.37. The van der Waals surface area contributed by atoms with E-state index >= 15 is 0 Å². The van der Waals surface area contributed by atoms with Crippen molar-refractivity contribution in [1.82, 2.24) is 29.0 Å². The molecular weight excluding hydrogens is 580 g/mol. The summed E-state index contributed by atoms with van der Waals surface area (Å²) in [5.41, 5.74) is 13.2. The summed E-state index contributed by atoms with van der Waals surface area (Å²) in [5.74, 6) is 3.04. The minimum atomic E-state index is -0.00585. The fraction of sp³-hybridized carbons (Fsp3) is 0.400. The summed E-state index contributed by atoms with van der Waals surface area (Å²) >= 11 is 0. The van der Waals surface area contributed by atoms with E-state index in [9.17, 15) is 9.59 Å². The molecule has 11 heteroatoms. The maximum atomic E-state index is 13.7. The molecule has 2 bridgehead atoms. The predicted molar refractivity (Wildman–Crippen MR) is 174 cm³/mol. The summed E-state index contributed by atoms with van der Waals surface area (Å²) in [6, 6.07) is 12.3. The number of piperidine rings is 1. The first-order valence-corrected chi connectivity index (χ1v) is 16.3. The molecule has 1 aromatic carbocycles. The summed E-state index contributed by atoms with van der Waals surface area (Å²) in [4.78, 5) is 42.4. The molecule has 2 aliphatic carbocycles. The monoisotopic (exact) mass is 616 g/mol. The average Bonchev–Trinajstić information content (AvgIpc) is 3.47. The number of benzene rings is 1. The van der Waals surface area contributed by atoms with Crippen molar-refractivity contribution in [2.24, 2.45) is 24.6 Å². The van der Waals surface area contributed by atoms with E-state index in [1.54, 1.807) is 13.3 Å². The maximum absolute atomic E-state index is 13.7. The van der Waals surface area contributed by atoms with Crippen LogP contribution < -0.4 is 15.8 Å². The van der Waals surface area contributed by atoms with E-state index in [1.165, 1.54) is 12.8 Å². The third-order valence-corrected chi connectivity index (χ3v) is 10.6. The fourth-order valence-corrected chi connectivity index (χ4v) is 7.88. The molecule has 0 spiro atoms. The molecule has 3 atom stereocenters. The number of aryl methyl sites for hydroxylation is 2. The van der Waals surface area contributed by atoms with Crippen molar-refractivity contribution in [1.29, 1.82) is 0 Å². The Kier molecular flexibility index (Phi) is 6.06. The van der Waals surface area contributed by atoms with Crippen LogP contribution in [-0.4, -0.2) is 66.5 Å². The predicted octanol–water partition coefficient (Wildman–Crippen LogP) is 4.52. The van der Waals surface area contributed by atoms with Crippen LogP contribution in [0.15, 0.2) is 42.6 Å². The number of carbonyl (C=O) groups is 2. The normalized spacial score (nSPS) is 22.1. The summed E-state index contributed by atoms with van der Waals surface area (Å²) in [6.45, 7) is 1.57. The second-order valence-corrected chi connectivity index (χ2v) is 13.5. The van der Waals surface area contributed by atoms with Gasteiger partial charge in [0.2, 0.25) is 5.91 Å². The first kappa shape index (κ1) is 27.5. The Morgan fingerprint density at radius 2 is 1.96 bits per heavy atom. The number of methoxy groups -OCH3 is 1. The number of nitrogens with one attached hydrogen (secondary N) is 1. The highest BCUT2D eigenvalue weighted by atomic mass is 16.5. The fourth-order valence-electron chi connectivity index (χ4n) is 7.88. The zero-order valence-electron chi connectivity index (χ0n) is 26.0. The molecule has 3 fully saturated rings. The van der Waals surface area contributed by atoms with Crippen molar-refractivity contribution in [3.8, 4) is 28.5 Å². The van der Waals surface area contributed by atoms with Crippen LogP contribution in [0.5, 0.6) is 5.75 Å². The third-order valence-electron chi connectivity index (χ3n) is 10.6. The number of fused-ring (bicyclic) bond motifs is 5. The van der Waals surface area contributed by atoms with Crippen LogP contribution in [0, 0.1) is 11.8 Å². The second-order valence-electron chi connectivity index (χ2n) is 13.5. The number of anilines is 1. The van der Waals surface area contributed by atoms with Gasteiger partial charge in [0, 0.05) is 61.4 Å². The van der Waals surface area contributed by atoms with Crippen LogP contribution in [-0.2, 0) is 24.8 Å². The van der Waals surface area contributed by atoms with Gasteiger partial charge in [-0.1, -0.05) is 0 Å². The van der Waals surface area contributed by atoms with Crippen LogP contribution in [0.25, 0.3) is 44.8 Å². The van der Waals surface area contributed by atoms with E-state index in [-0.39, 0.29) is 23.9 Å². The lowest BCUT2D eigenvalue weighted by Crippen LogP contribution is -2.41. The summed E-state index contributed by atoms with van der Waals surface area (Å²) in [7, 11) is 3.64. The quantitative estimate of drug-likeness (QED) is 0.287. The molecule has 3 N–H and O–H groups in total. The number of amides is 2. The standard InChI is InChI=1S/C35H36N8O3/c1-41-31-25(12-22(14-28(31)46-2)35(45)43-17-21-6-9-26(43)30(21)36)39-34(41)27-13-20-5-8-24(38-33(20)42(27)16-18-3-4-18)23-11-19-7-10-29(44)40-32(19)37-15-23/h5,8,11-15,18,21,26,30H,3-4,6-7,9-10,16-17,36H2,1-2H3,(H,37,40,44)/t21-,26-,30-/m1/s1. The molecule has 4 aromatic heterocycles. The SMILES string of the molecule is COc1cc(C(=O)N2C[C@H]3CC[C@@H]2[C@@H]3N)cc2nc(-c3cc4ccc(-c5cnc6c(c5)CCC(=O)N6)nc4n3CC3CC3)n(C)c12. The molecule has 2 saturated carbocycles. The topological polar surface area (TPSA) is 133 Å². The van der Waals surface area contributed by atoms with Gasteiger partial charge in [0.1, 0.15) is 22.7 Å². The molecule has 4 aliphatic rings. The van der Waals surface area contributed by atoms with E-state index in [1.807, 2.05) is 30.1 Å². The van der Waals surface area contributed by atoms with E-state index in [4.69, 9.17) is 20.4 Å². The van der Waals surface area contributed by atoms with Gasteiger partial charge in [0.15, 0.2) is 5.82 Å². The van der Waals surface area contributed by atoms with Crippen molar-refractivity contribution >= 4 is 39.7 Å². The van der Waals surface area contributed by atoms with Gasteiger partial charge in [-0.2, -0.15) is 0 Å². The van der Waals surface area contributed by atoms with Gasteiger partial charge in [-0.3, -0.25) is 9.59 Å². The number of ether oxygens (including phenoxy) is 1. The van der Waals surface area contributed by atoms with Crippen molar-refractivity contribution < 1.29 is 14.3 Å². The highest BCUT2D eigenvalue weighted by molar-refractivity contribution is 6.00. The summed E-state index contributed by atoms with van der Waals surface area (Å²) < 4.78 is 10.2. The first-order valence-electron chi connectivity index (χ1n) is 16.3. The number of aromatic nitrogens is 5. The molecule has 2 amide bonds. The van der Waals surface area contributed by atoms with Gasteiger partial charge in [0.05, 0.1) is 24.0 Å². The number of hydrogen-bond acceptors (Lipinski definition) is 7. The van der Waals surface area contributed by atoms with E-state index < -0.39 is 0 Å². The van der Waals surface area contributed by atoms with Crippen LogP contribution in [0.2, 0.25) is 0 Å². The number of hydrogen-bond donors (Lipinski definition) is 2. The van der Waals surface area contributed by atoms with Gasteiger partial charge < -0.3 is 29.8 Å². The highest BCUT2D eigenvalue weighted by Crippen LogP contribution is 2.40. The number of carbonyl (C=O) groups excluding carboxylic acids is 2. The van der Waals surface area contributed by atoms with E-state index in [0.717, 1.165) is 69.8 Å². The highest BCUT2D eigenvalue weighted by Gasteiger charge is 2.47. The molecule has 5 aromatic rings. The maximum Gasteiger partial charge on any atom is 0.254 e. The van der Waals surface area contributed by atoms with Gasteiger partial charge >= 0.3 is 0 Å². The van der Waals surface area contributed by atoms with Gasteiger partial charge in [-0.05, 0) is 85.9 Å². The molecule has 0 unspecified atom stereocenters. The zero-order chi connectivity index (χ0) is 31.3. The molecular formula is C35H36N8O3. The largest absolute Gasteiger partial charge is 0.494 e.